The molecule has 0 saturated carbocycles. The van der Waals surface area contributed by atoms with Crippen LogP contribution in [0.3, 0.4) is 0 Å². The van der Waals surface area contributed by atoms with E-state index in [2.05, 4.69) is 65.5 Å². The first-order chi connectivity index (χ1) is 42.9. The number of hydrogen-bond acceptors (Lipinski definition) is 23. The van der Waals surface area contributed by atoms with E-state index >= 15 is 0 Å². The number of fused-ring (bicyclic) bond motifs is 9. The van der Waals surface area contributed by atoms with Crippen LogP contribution in [0, 0.1) is 5.41 Å². The number of carbonyl (C=O) groups excluding carboxylic acids is 2. The molecular formula is C57H66FeN11O19P3S+2. The van der Waals surface area contributed by atoms with E-state index in [4.69, 9.17) is 34.0 Å². The second-order valence-corrected chi connectivity index (χ2v) is 26.9. The van der Waals surface area contributed by atoms with Crippen molar-refractivity contribution in [1.29, 1.82) is 0 Å². The number of aliphatic carboxylic acids is 1. The van der Waals surface area contributed by atoms with Crippen LogP contribution in [0.2, 0.25) is 0 Å². The van der Waals surface area contributed by atoms with Crippen molar-refractivity contribution in [3.63, 3.8) is 0 Å². The van der Waals surface area contributed by atoms with Crippen molar-refractivity contribution in [1.82, 2.24) is 34.9 Å². The number of nitrogens with zero attached hydrogens (tertiary/aromatic N) is 7. The molecule has 490 valence electrons. The number of hydrogen-bond donors (Lipinski definition) is 10. The molecule has 7 unspecified atom stereocenters. The number of aliphatic hydroxyl groups is 2. The molecule has 1 fully saturated rings. The zero-order valence-corrected chi connectivity index (χ0v) is 54.5. The van der Waals surface area contributed by atoms with E-state index < -0.39 is 97.1 Å². The van der Waals surface area contributed by atoms with Crippen LogP contribution in [0.5, 0.6) is 0 Å². The largest absolute Gasteiger partial charge is 4.00 e. The van der Waals surface area contributed by atoms with E-state index in [1.54, 1.807) is 30.4 Å². The van der Waals surface area contributed by atoms with E-state index in [0.29, 0.717) is 39.4 Å². The molecule has 5 aromatic heterocycles. The summed E-state index contributed by atoms with van der Waals surface area (Å²) in [4.78, 5) is 100. The molecule has 0 radical (unpaired) electrons. The predicted octanol–water partition coefficient (Wildman–Crippen LogP) is 4.44. The zero-order valence-electron chi connectivity index (χ0n) is 49.9. The fourth-order valence-corrected chi connectivity index (χ4v) is 13.7. The number of carboxylic acid groups (broad SMARTS) is 1. The predicted molar refractivity (Wildman–Crippen MR) is 334 cm³/mol. The third-order valence-electron chi connectivity index (χ3n) is 14.9. The number of carboxylic acids is 1. The smallest absolute Gasteiger partial charge is 0.862 e. The van der Waals surface area contributed by atoms with Crippen molar-refractivity contribution in [3.8, 4) is 0 Å². The maximum Gasteiger partial charge on any atom is 4.00 e. The molecule has 92 heavy (non-hydrogen) atoms. The summed E-state index contributed by atoms with van der Waals surface area (Å²) in [6, 6.07) is 7.49. The third-order valence-corrected chi connectivity index (χ3v) is 18.9. The molecule has 1 saturated heterocycles. The number of nitrogens with two attached hydrogens (primary N) is 1. The maximum absolute atomic E-state index is 13.4. The Morgan fingerprint density at radius 2 is 1.35 bits per heavy atom. The standard InChI is InChI=1S/C57H68N11O19P3S.Fe/c1-9-31-33(11-3)41-23-42-34(12-4)32(10-2)40(67-42)22-38-30(6)36(44(65-38)24-43-35(13-15-47(70)71)29(5)37(64-43)21-39(31)66-41)14-16-48(72)91-20-19-59-46(69)17-18-60-55(75)52(74)57(7,8)26-84-90(81,82)87-89(79,80)83-25-45-51(86-88(76,77)78)50(73)56(85-45)68-28-63-49-53(58)61-27-62-54(49)68;/h9-12,21-24,27-28,45,50-52,56,73-74H,1-4,13-20,25-26H2,5-8H3,(H11,58,59,60,61,62,64,65,66,67,69,70,71,75,76,77,78,79,80,81,82);/q;+4/p-2. The number of nitrogen functional groups attached to an aromatic ring is 1. The number of anilines is 1. The van der Waals surface area contributed by atoms with Gasteiger partial charge in [0.25, 0.3) is 0 Å². The number of nitrogens with one attached hydrogen (secondary N) is 3. The van der Waals surface area contributed by atoms with Crippen molar-refractivity contribution in [2.75, 3.05) is 37.8 Å². The van der Waals surface area contributed by atoms with E-state index in [1.165, 1.54) is 20.2 Å². The zero-order chi connectivity index (χ0) is 66.5. The van der Waals surface area contributed by atoms with Gasteiger partial charge in [-0.25, -0.2) is 28.2 Å². The van der Waals surface area contributed by atoms with Crippen molar-refractivity contribution in [2.45, 2.75) is 90.4 Å². The van der Waals surface area contributed by atoms with Crippen LogP contribution in [0.4, 0.5) is 5.82 Å². The number of thioether (sulfide) groups is 1. The van der Waals surface area contributed by atoms with Crippen LogP contribution in [0.1, 0.15) is 111 Å². The van der Waals surface area contributed by atoms with Gasteiger partial charge in [0, 0.05) is 81.0 Å². The third kappa shape index (κ3) is 17.1. The second-order valence-electron chi connectivity index (χ2n) is 21.5. The summed E-state index contributed by atoms with van der Waals surface area (Å²) in [5, 5.41) is 59.0. The fraction of sp³-hybridized carbons (Fsp3) is 0.351. The van der Waals surface area contributed by atoms with Gasteiger partial charge in [-0.2, -0.15) is 9.29 Å². The van der Waals surface area contributed by atoms with Gasteiger partial charge in [-0.3, -0.25) is 23.3 Å². The maximum atomic E-state index is 13.4. The number of rotatable bonds is 29. The van der Waals surface area contributed by atoms with Crippen LogP contribution in [-0.4, -0.2) is 144 Å². The number of allylic oxidation sites excluding steroid dienone is 4. The SMILES string of the molecule is C=Cc1c(C=C)c2cc3[nH]c(cc4nc(cc5nc(cc1[nH]2)C(C)=C5CCC(=O)[O-])C(CCC(=O)SCCN=C([O-])CCN=C([O-])C(O)C(C)(C)COP(=O)(O)OP(=O)(O)OCC1OC([n+]2c[nH]c5c(N)ncnc52)C(O)C1OP(=O)(O)O)=C4C)c(C=C)c3C=C.[Fe+4]. The molecular weight excluding hydrogens is 1320 g/mol. The van der Waals surface area contributed by atoms with Gasteiger partial charge in [0.15, 0.2) is 23.6 Å². The number of aliphatic hydroxyl groups excluding tert-OH is 2. The number of H-pyrrole nitrogens is 3. The van der Waals surface area contributed by atoms with Crippen LogP contribution in [-0.2, 0) is 63.0 Å². The van der Waals surface area contributed by atoms with Gasteiger partial charge in [0.2, 0.25) is 11.7 Å². The number of aromatic amines is 3. The summed E-state index contributed by atoms with van der Waals surface area (Å²) in [5.41, 5.74) is 15.5. The minimum Gasteiger partial charge on any atom is -0.862 e. The number of phosphoric acid groups is 3. The average Bonchev–Trinajstić information content (AvgIpc) is 1.62. The number of imidazole rings is 1. The molecule has 3 aliphatic heterocycles. The summed E-state index contributed by atoms with van der Waals surface area (Å²) in [6.45, 7) is 19.8. The van der Waals surface area contributed by atoms with E-state index in [0.717, 1.165) is 72.7 Å². The Kier molecular flexibility index (Phi) is 23.7. The Hall–Kier alpha value is -6.89. The van der Waals surface area contributed by atoms with Crippen molar-refractivity contribution in [3.05, 3.63) is 108 Å². The molecule has 11 N–H and O–H groups in total. The molecule has 0 spiro atoms. The Morgan fingerprint density at radius 1 is 0.804 bits per heavy atom. The van der Waals surface area contributed by atoms with Crippen LogP contribution in [0.25, 0.3) is 79.8 Å². The number of aromatic nitrogens is 8. The molecule has 0 aliphatic carbocycles. The molecule has 30 nitrogen and oxygen atoms in total. The Labute approximate surface area is 540 Å². The van der Waals surface area contributed by atoms with Gasteiger partial charge in [-0.1, -0.05) is 81.2 Å². The van der Waals surface area contributed by atoms with Crippen LogP contribution >= 0.6 is 35.2 Å². The van der Waals surface area contributed by atoms with E-state index in [1.807, 2.05) is 32.0 Å². The second kappa shape index (κ2) is 30.0. The monoisotopic (exact) mass is 1390 g/mol. The van der Waals surface area contributed by atoms with Gasteiger partial charge in [-0.15, -0.1) is 0 Å². The molecule has 8 rings (SSSR count). The summed E-state index contributed by atoms with van der Waals surface area (Å²) in [7, 11) is -16.6. The molecule has 8 bridgehead atoms. The fourth-order valence-electron chi connectivity index (χ4n) is 10.2. The Balaban J connectivity index is 0.0000120. The van der Waals surface area contributed by atoms with Gasteiger partial charge in [0.1, 0.15) is 18.3 Å². The molecule has 8 heterocycles. The van der Waals surface area contributed by atoms with Crippen LogP contribution < -0.4 is 25.6 Å². The van der Waals surface area contributed by atoms with Gasteiger partial charge in [-0.05, 0) is 97.9 Å². The molecule has 35 heteroatoms. The normalized spacial score (nSPS) is 18.9. The first-order valence-electron chi connectivity index (χ1n) is 27.8. The molecule has 0 aromatic carbocycles. The van der Waals surface area contributed by atoms with Gasteiger partial charge >= 0.3 is 46.2 Å². The Bertz CT molecular complexity index is 4200. The van der Waals surface area contributed by atoms with Gasteiger partial charge in [0.05, 0.1) is 42.1 Å². The summed E-state index contributed by atoms with van der Waals surface area (Å²) >= 11 is 0.956. The Morgan fingerprint density at radius 3 is 1.89 bits per heavy atom. The van der Waals surface area contributed by atoms with Gasteiger partial charge < -0.3 is 80.3 Å². The number of carbonyl (C=O) groups is 2. The topological polar surface area (TPSA) is 476 Å². The minimum atomic E-state index is -5.65. The number of ether oxygens (including phenoxy) is 1. The molecule has 3 aliphatic rings. The molecule has 0 amide bonds. The van der Waals surface area contributed by atoms with Crippen molar-refractivity contribution >= 4 is 144 Å². The number of phosphoric ester groups is 3. The number of aliphatic imine (C=N–C) groups is 2. The first-order valence-corrected chi connectivity index (χ1v) is 33.3. The van der Waals surface area contributed by atoms with E-state index in [9.17, 15) is 68.4 Å². The first kappa shape index (κ1) is 72.5. The van der Waals surface area contributed by atoms with E-state index in [-0.39, 0.29) is 83.6 Å². The minimum absolute atomic E-state index is 0. The van der Waals surface area contributed by atoms with Crippen LogP contribution in [0.15, 0.2) is 73.2 Å². The average molecular weight is 1390 g/mol. The summed E-state index contributed by atoms with van der Waals surface area (Å²) < 4.78 is 63.1. The summed E-state index contributed by atoms with van der Waals surface area (Å²) in [6.07, 6.45) is -0.143. The summed E-state index contributed by atoms with van der Waals surface area (Å²) in [5.74, 6) is -2.95. The van der Waals surface area contributed by atoms with Crippen molar-refractivity contribution < 1.29 is 113 Å². The quantitative estimate of drug-likeness (QED) is 0.00790. The molecule has 5 aromatic rings. The van der Waals surface area contributed by atoms with Crippen molar-refractivity contribution in [2.24, 2.45) is 15.4 Å². The molecule has 7 atom stereocenters.